The Morgan fingerprint density at radius 2 is 1.38 bits per heavy atom. The Kier molecular flexibility index (Phi) is 2.33. The average molecular weight is 460 g/mol. The summed E-state index contributed by atoms with van der Waals surface area (Å²) in [5.41, 5.74) is 2.31. The van der Waals surface area contributed by atoms with E-state index in [9.17, 15) is 0 Å². The van der Waals surface area contributed by atoms with E-state index in [0.717, 1.165) is 42.1 Å². The van der Waals surface area contributed by atoms with Crippen molar-refractivity contribution in [1.82, 2.24) is 0 Å². The van der Waals surface area contributed by atoms with Gasteiger partial charge in [0, 0.05) is 30.9 Å². The van der Waals surface area contributed by atoms with Crippen molar-refractivity contribution in [2.45, 2.75) is 0 Å². The fourth-order valence-corrected chi connectivity index (χ4v) is 6.29. The highest BCUT2D eigenvalue weighted by atomic mass is 32.1. The SMILES string of the molecule is [2H]c1c([2H])c([2H])c2c(-c3cccc4sc5c(ccc6oc7ccccc7c65)c34)c3c([2H])c([2H])c([2H])c([2H])c3c([2H])c2c1[2H]. The number of hydrogen-bond donors (Lipinski definition) is 0. The van der Waals surface area contributed by atoms with Crippen LogP contribution in [0.5, 0.6) is 0 Å². The van der Waals surface area contributed by atoms with Gasteiger partial charge in [-0.15, -0.1) is 11.3 Å². The zero-order valence-corrected chi connectivity index (χ0v) is 18.3. The normalized spacial score (nSPS) is 15.8. The van der Waals surface area contributed by atoms with Crippen LogP contribution in [0.25, 0.3) is 74.8 Å². The first-order valence-corrected chi connectivity index (χ1v) is 11.6. The second-order valence-corrected chi connectivity index (χ2v) is 9.25. The number of para-hydroxylation sites is 1. The zero-order chi connectivity index (χ0) is 30.1. The van der Waals surface area contributed by atoms with Crippen LogP contribution in [0, 0.1) is 0 Å². The van der Waals surface area contributed by atoms with Crippen LogP contribution >= 0.6 is 11.3 Å². The van der Waals surface area contributed by atoms with E-state index in [1.165, 1.54) is 0 Å². The van der Waals surface area contributed by atoms with Crippen molar-refractivity contribution in [3.05, 3.63) is 109 Å². The molecule has 0 amide bonds. The van der Waals surface area contributed by atoms with Crippen LogP contribution in [0.3, 0.4) is 0 Å². The van der Waals surface area contributed by atoms with Gasteiger partial charge in [-0.3, -0.25) is 0 Å². The third-order valence-electron chi connectivity index (χ3n) is 6.40. The number of fused-ring (bicyclic) bond motifs is 9. The average Bonchev–Trinajstić information content (AvgIpc) is 3.58. The van der Waals surface area contributed by atoms with Gasteiger partial charge in [-0.2, -0.15) is 0 Å². The quantitative estimate of drug-likeness (QED) is 0.223. The summed E-state index contributed by atoms with van der Waals surface area (Å²) in [7, 11) is 0. The van der Waals surface area contributed by atoms with Crippen LogP contribution < -0.4 is 0 Å². The molecule has 34 heavy (non-hydrogen) atoms. The van der Waals surface area contributed by atoms with E-state index in [1.54, 1.807) is 11.3 Å². The second-order valence-electron chi connectivity index (χ2n) is 8.19. The first-order chi connectivity index (χ1) is 20.6. The Hall–Kier alpha value is -4.14. The summed E-state index contributed by atoms with van der Waals surface area (Å²) in [5, 5.41) is 3.53. The van der Waals surface area contributed by atoms with Gasteiger partial charge in [0.2, 0.25) is 0 Å². The monoisotopic (exact) mass is 459 g/mol. The van der Waals surface area contributed by atoms with Crippen LogP contribution in [-0.4, -0.2) is 0 Å². The van der Waals surface area contributed by atoms with Gasteiger partial charge in [0.1, 0.15) is 11.2 Å². The molecule has 0 atom stereocenters. The lowest BCUT2D eigenvalue weighted by Crippen LogP contribution is -1.86. The molecule has 0 fully saturated rings. The van der Waals surface area contributed by atoms with Crippen molar-refractivity contribution in [2.24, 2.45) is 0 Å². The molecule has 2 heterocycles. The minimum Gasteiger partial charge on any atom is -0.456 e. The summed E-state index contributed by atoms with van der Waals surface area (Å²) in [6.07, 6.45) is 0. The Bertz CT molecular complexity index is 2480. The molecule has 8 rings (SSSR count). The van der Waals surface area contributed by atoms with E-state index in [0.29, 0.717) is 5.56 Å². The lowest BCUT2D eigenvalue weighted by Gasteiger charge is -2.13. The third kappa shape index (κ3) is 2.38. The molecule has 0 N–H and O–H groups in total. The maximum absolute atomic E-state index is 9.01. The molecule has 0 spiro atoms. The number of furan rings is 1. The lowest BCUT2D eigenvalue weighted by molar-refractivity contribution is 0.669. The Morgan fingerprint density at radius 3 is 2.21 bits per heavy atom. The lowest BCUT2D eigenvalue weighted by atomic mass is 9.90. The first kappa shape index (κ1) is 11.8. The Morgan fingerprint density at radius 1 is 0.618 bits per heavy atom. The molecule has 0 saturated carbocycles. The van der Waals surface area contributed by atoms with Crippen molar-refractivity contribution in [3.8, 4) is 11.1 Å². The number of rotatable bonds is 1. The van der Waals surface area contributed by atoms with E-state index in [-0.39, 0.29) is 45.2 Å². The molecule has 0 radical (unpaired) electrons. The highest BCUT2D eigenvalue weighted by molar-refractivity contribution is 7.27. The maximum Gasteiger partial charge on any atom is 0.136 e. The van der Waals surface area contributed by atoms with Gasteiger partial charge in [-0.25, -0.2) is 0 Å². The summed E-state index contributed by atoms with van der Waals surface area (Å²) >= 11 is 1.56. The predicted molar refractivity (Wildman–Crippen MR) is 147 cm³/mol. The van der Waals surface area contributed by atoms with Gasteiger partial charge in [-0.1, -0.05) is 78.7 Å². The van der Waals surface area contributed by atoms with E-state index < -0.39 is 36.3 Å². The largest absolute Gasteiger partial charge is 0.456 e. The summed E-state index contributed by atoms with van der Waals surface area (Å²) < 4.78 is 85.9. The standard InChI is InChI=1S/C32H18OS/c1-3-10-21-19(8-1)18-20-9-2-4-11-22(20)29(21)24-13-7-15-28-30(24)25-16-17-27-31(32(25)34-28)23-12-5-6-14-26(23)33-27/h1-18H/i1D,2D,3D,4D,8D,9D,10D,11D,18D. The molecule has 158 valence electrons. The number of hydrogen-bond acceptors (Lipinski definition) is 2. The Labute approximate surface area is 212 Å². The van der Waals surface area contributed by atoms with Gasteiger partial charge >= 0.3 is 0 Å². The molecule has 2 aromatic heterocycles. The Balaban J connectivity index is 1.67. The molecule has 0 aliphatic carbocycles. The molecule has 1 nitrogen and oxygen atoms in total. The van der Waals surface area contributed by atoms with Gasteiger partial charge in [0.15, 0.2) is 0 Å². The highest BCUT2D eigenvalue weighted by Gasteiger charge is 2.18. The minimum absolute atomic E-state index is 0.0511. The van der Waals surface area contributed by atoms with Crippen molar-refractivity contribution in [3.63, 3.8) is 0 Å². The van der Waals surface area contributed by atoms with E-state index in [4.69, 9.17) is 16.8 Å². The molecule has 2 heteroatoms. The van der Waals surface area contributed by atoms with Gasteiger partial charge in [-0.05, 0) is 63.0 Å². The molecule has 0 aliphatic rings. The predicted octanol–water partition coefficient (Wildman–Crippen LogP) is 9.93. The highest BCUT2D eigenvalue weighted by Crippen LogP contribution is 2.47. The molecule has 0 bridgehead atoms. The van der Waals surface area contributed by atoms with E-state index in [2.05, 4.69) is 0 Å². The van der Waals surface area contributed by atoms with Crippen molar-refractivity contribution in [1.29, 1.82) is 0 Å². The van der Waals surface area contributed by atoms with Crippen LogP contribution in [0.1, 0.15) is 12.3 Å². The van der Waals surface area contributed by atoms with Crippen LogP contribution in [0.4, 0.5) is 0 Å². The van der Waals surface area contributed by atoms with Crippen molar-refractivity contribution >= 4 is 75.0 Å². The van der Waals surface area contributed by atoms with Gasteiger partial charge in [0.05, 0.1) is 12.3 Å². The summed E-state index contributed by atoms with van der Waals surface area (Å²) in [6.45, 7) is 0. The molecule has 0 unspecified atom stereocenters. The molecular weight excluding hydrogens is 432 g/mol. The maximum atomic E-state index is 9.01. The smallest absolute Gasteiger partial charge is 0.136 e. The molecule has 0 saturated heterocycles. The second kappa shape index (κ2) is 6.69. The van der Waals surface area contributed by atoms with E-state index >= 15 is 0 Å². The van der Waals surface area contributed by atoms with Crippen molar-refractivity contribution in [2.75, 3.05) is 0 Å². The van der Waals surface area contributed by atoms with Crippen LogP contribution in [-0.2, 0) is 0 Å². The molecular formula is C32H18OS. The fraction of sp³-hybridized carbons (Fsp3) is 0. The minimum atomic E-state index is -0.509. The zero-order valence-electron chi connectivity index (χ0n) is 26.5. The first-order valence-electron chi connectivity index (χ1n) is 15.3. The third-order valence-corrected chi connectivity index (χ3v) is 7.59. The molecule has 8 aromatic rings. The fourth-order valence-electron chi connectivity index (χ4n) is 5.01. The summed E-state index contributed by atoms with van der Waals surface area (Å²) in [6, 6.07) is 13.3. The number of benzene rings is 6. The molecule has 0 aliphatic heterocycles. The summed E-state index contributed by atoms with van der Waals surface area (Å²) in [5.74, 6) is 0. The van der Waals surface area contributed by atoms with Crippen LogP contribution in [0.2, 0.25) is 0 Å². The molecule has 6 aromatic carbocycles. The van der Waals surface area contributed by atoms with Gasteiger partial charge < -0.3 is 4.42 Å². The summed E-state index contributed by atoms with van der Waals surface area (Å²) in [4.78, 5) is 0. The van der Waals surface area contributed by atoms with Crippen molar-refractivity contribution < 1.29 is 16.8 Å². The number of thiophene rings is 1. The topological polar surface area (TPSA) is 13.1 Å². The van der Waals surface area contributed by atoms with E-state index in [1.807, 2.05) is 54.6 Å². The van der Waals surface area contributed by atoms with Crippen LogP contribution in [0.15, 0.2) is 113 Å². The van der Waals surface area contributed by atoms with Gasteiger partial charge in [0.25, 0.3) is 0 Å².